The van der Waals surface area contributed by atoms with Crippen LogP contribution in [0.4, 0.5) is 23.1 Å². The first-order valence-electron chi connectivity index (χ1n) is 14.2. The van der Waals surface area contributed by atoms with Gasteiger partial charge in [0.25, 0.3) is 0 Å². The Bertz CT molecular complexity index is 1390. The fraction of sp³-hybridized carbons (Fsp3) is 0.419. The number of hydrogen-bond acceptors (Lipinski definition) is 6. The van der Waals surface area contributed by atoms with E-state index in [-0.39, 0.29) is 17.7 Å². The summed E-state index contributed by atoms with van der Waals surface area (Å²) >= 11 is 1.11. The van der Waals surface area contributed by atoms with E-state index in [4.69, 9.17) is 4.74 Å². The lowest BCUT2D eigenvalue weighted by Crippen LogP contribution is -2.45. The maximum absolute atomic E-state index is 13.6. The molecule has 1 aromatic heterocycles. The van der Waals surface area contributed by atoms with Crippen molar-refractivity contribution < 1.29 is 27.4 Å². The van der Waals surface area contributed by atoms with E-state index in [9.17, 15) is 18.0 Å². The number of aromatic nitrogens is 1. The van der Waals surface area contributed by atoms with Crippen molar-refractivity contribution in [3.63, 3.8) is 0 Å². The number of morpholine rings is 1. The second-order valence-corrected chi connectivity index (χ2v) is 11.6. The summed E-state index contributed by atoms with van der Waals surface area (Å²) < 4.78 is 48.0. The molecule has 1 aliphatic heterocycles. The van der Waals surface area contributed by atoms with Gasteiger partial charge < -0.3 is 14.4 Å². The summed E-state index contributed by atoms with van der Waals surface area (Å²) in [5.74, 6) is 0.566. The van der Waals surface area contributed by atoms with E-state index >= 15 is 0 Å². The first-order valence-corrected chi connectivity index (χ1v) is 15.0. The number of anilines is 1. The van der Waals surface area contributed by atoms with Gasteiger partial charge in [0.15, 0.2) is 5.13 Å². The molecule has 1 N–H and O–H groups in total. The van der Waals surface area contributed by atoms with E-state index in [1.807, 2.05) is 11.0 Å². The standard InChI is InChI=1S/C31H35F3N4O3S/c1-22-7-5-6-10-25(22)26(23-8-3-2-4-9-23)13-14-38(16-15-37-17-19-40-20-18-37)30(39)36-29-35-27-12-11-24(21-28(27)42-29)41-31(32,33)34/h2-12,21-22,25-26H,13-20H2,1H3,(H,35,36,39). The molecule has 3 aromatic rings. The predicted octanol–water partition coefficient (Wildman–Crippen LogP) is 6.91. The number of carbonyl (C=O) groups is 1. The fourth-order valence-corrected chi connectivity index (χ4v) is 6.42. The molecular formula is C31H35F3N4O3S. The number of amides is 2. The van der Waals surface area contributed by atoms with Crippen LogP contribution in [0, 0.1) is 11.8 Å². The van der Waals surface area contributed by atoms with Crippen molar-refractivity contribution in [2.45, 2.75) is 25.6 Å². The monoisotopic (exact) mass is 600 g/mol. The minimum Gasteiger partial charge on any atom is -0.406 e. The lowest BCUT2D eigenvalue weighted by Gasteiger charge is -2.33. The van der Waals surface area contributed by atoms with Crippen LogP contribution in [0.2, 0.25) is 0 Å². The molecule has 5 rings (SSSR count). The predicted molar refractivity (Wildman–Crippen MR) is 159 cm³/mol. The molecule has 1 aliphatic carbocycles. The zero-order valence-corrected chi connectivity index (χ0v) is 24.2. The first-order chi connectivity index (χ1) is 20.2. The number of urea groups is 1. The van der Waals surface area contributed by atoms with Gasteiger partial charge in [0.1, 0.15) is 5.75 Å². The van der Waals surface area contributed by atoms with Crippen molar-refractivity contribution in [3.05, 3.63) is 78.4 Å². The molecule has 224 valence electrons. The summed E-state index contributed by atoms with van der Waals surface area (Å²) in [5.41, 5.74) is 1.73. The third-order valence-electron chi connectivity index (χ3n) is 7.75. The van der Waals surface area contributed by atoms with Gasteiger partial charge in [-0.3, -0.25) is 10.2 Å². The molecule has 11 heteroatoms. The highest BCUT2D eigenvalue weighted by atomic mass is 32.1. The Morgan fingerprint density at radius 2 is 1.90 bits per heavy atom. The van der Waals surface area contributed by atoms with Gasteiger partial charge in [0, 0.05) is 38.8 Å². The number of benzene rings is 2. The van der Waals surface area contributed by atoms with Gasteiger partial charge in [-0.2, -0.15) is 0 Å². The molecule has 2 amide bonds. The van der Waals surface area contributed by atoms with Crippen molar-refractivity contribution in [3.8, 4) is 5.75 Å². The number of halogens is 3. The van der Waals surface area contributed by atoms with Crippen molar-refractivity contribution in [1.82, 2.24) is 14.8 Å². The van der Waals surface area contributed by atoms with Crippen LogP contribution in [-0.4, -0.2) is 73.1 Å². The SMILES string of the molecule is CC1C=CC=CC1C(CCN(CCN1CCOCC1)C(=O)Nc1nc2ccc(OC(F)(F)F)cc2s1)c1ccccc1. The molecule has 2 aliphatic rings. The quantitative estimate of drug-likeness (QED) is 0.274. The van der Waals surface area contributed by atoms with Crippen LogP contribution in [0.5, 0.6) is 5.75 Å². The number of carbonyl (C=O) groups excluding carboxylic acids is 1. The van der Waals surface area contributed by atoms with Crippen molar-refractivity contribution in [1.29, 1.82) is 0 Å². The lowest BCUT2D eigenvalue weighted by atomic mass is 9.75. The highest BCUT2D eigenvalue weighted by Crippen LogP contribution is 2.37. The van der Waals surface area contributed by atoms with Gasteiger partial charge in [-0.15, -0.1) is 13.2 Å². The number of fused-ring (bicyclic) bond motifs is 1. The van der Waals surface area contributed by atoms with E-state index in [1.165, 1.54) is 23.8 Å². The van der Waals surface area contributed by atoms with Crippen molar-refractivity contribution in [2.75, 3.05) is 51.3 Å². The molecule has 0 radical (unpaired) electrons. The second-order valence-electron chi connectivity index (χ2n) is 10.6. The van der Waals surface area contributed by atoms with Crippen LogP contribution >= 0.6 is 11.3 Å². The summed E-state index contributed by atoms with van der Waals surface area (Å²) in [6, 6.07) is 14.1. The average molecular weight is 601 g/mol. The highest BCUT2D eigenvalue weighted by molar-refractivity contribution is 7.22. The number of hydrogen-bond donors (Lipinski definition) is 1. The Kier molecular flexibility index (Phi) is 9.81. The second kappa shape index (κ2) is 13.7. The Morgan fingerprint density at radius 3 is 2.64 bits per heavy atom. The molecule has 0 spiro atoms. The minimum atomic E-state index is -4.78. The molecule has 1 saturated heterocycles. The minimum absolute atomic E-state index is 0.218. The summed E-state index contributed by atoms with van der Waals surface area (Å²) in [5, 5.41) is 3.22. The Labute approximate surface area is 247 Å². The molecule has 2 aromatic carbocycles. The number of allylic oxidation sites excluding steroid dienone is 4. The molecule has 2 heterocycles. The van der Waals surface area contributed by atoms with Gasteiger partial charge in [0.05, 0.1) is 23.4 Å². The smallest absolute Gasteiger partial charge is 0.406 e. The van der Waals surface area contributed by atoms with E-state index in [1.54, 1.807) is 0 Å². The Balaban J connectivity index is 1.32. The Hall–Kier alpha value is -3.41. The summed E-state index contributed by atoms with van der Waals surface area (Å²) in [7, 11) is 0. The molecular weight excluding hydrogens is 565 g/mol. The molecule has 0 saturated carbocycles. The number of rotatable bonds is 10. The average Bonchev–Trinajstić information content (AvgIpc) is 3.37. The van der Waals surface area contributed by atoms with Crippen molar-refractivity contribution >= 4 is 32.7 Å². The van der Waals surface area contributed by atoms with Crippen LogP contribution in [-0.2, 0) is 4.74 Å². The number of alkyl halides is 3. The van der Waals surface area contributed by atoms with Gasteiger partial charge in [0.2, 0.25) is 0 Å². The number of ether oxygens (including phenoxy) is 2. The fourth-order valence-electron chi connectivity index (χ4n) is 5.54. The van der Waals surface area contributed by atoms with E-state index in [2.05, 4.69) is 75.4 Å². The lowest BCUT2D eigenvalue weighted by molar-refractivity contribution is -0.274. The molecule has 0 bridgehead atoms. The molecule has 3 atom stereocenters. The van der Waals surface area contributed by atoms with Gasteiger partial charge >= 0.3 is 12.4 Å². The molecule has 42 heavy (non-hydrogen) atoms. The molecule has 1 fully saturated rings. The zero-order valence-electron chi connectivity index (χ0n) is 23.4. The zero-order chi connectivity index (χ0) is 29.5. The largest absolute Gasteiger partial charge is 0.573 e. The topological polar surface area (TPSA) is 66.9 Å². The van der Waals surface area contributed by atoms with Crippen LogP contribution < -0.4 is 10.1 Å². The maximum atomic E-state index is 13.6. The third-order valence-corrected chi connectivity index (χ3v) is 8.69. The number of nitrogens with one attached hydrogen (secondary N) is 1. The van der Waals surface area contributed by atoms with Gasteiger partial charge in [-0.1, -0.05) is 72.9 Å². The van der Waals surface area contributed by atoms with Gasteiger partial charge in [-0.05, 0) is 41.9 Å². The van der Waals surface area contributed by atoms with Crippen LogP contribution in [0.3, 0.4) is 0 Å². The van der Waals surface area contributed by atoms with E-state index in [0.29, 0.717) is 60.0 Å². The summed E-state index contributed by atoms with van der Waals surface area (Å²) in [6.07, 6.45) is 4.66. The normalized spacial score (nSPS) is 20.0. The maximum Gasteiger partial charge on any atom is 0.573 e. The van der Waals surface area contributed by atoms with E-state index < -0.39 is 6.36 Å². The summed E-state index contributed by atoms with van der Waals surface area (Å²) in [6.45, 7) is 6.98. The third kappa shape index (κ3) is 8.11. The van der Waals surface area contributed by atoms with Gasteiger partial charge in [-0.25, -0.2) is 9.78 Å². The van der Waals surface area contributed by atoms with Crippen LogP contribution in [0.25, 0.3) is 10.2 Å². The van der Waals surface area contributed by atoms with Crippen molar-refractivity contribution in [2.24, 2.45) is 11.8 Å². The number of nitrogens with zero attached hydrogens (tertiary/aromatic N) is 3. The van der Waals surface area contributed by atoms with Crippen LogP contribution in [0.1, 0.15) is 24.8 Å². The first kappa shape index (κ1) is 30.1. The summed E-state index contributed by atoms with van der Waals surface area (Å²) in [4.78, 5) is 22.2. The molecule has 3 unspecified atom stereocenters. The highest BCUT2D eigenvalue weighted by Gasteiger charge is 2.31. The number of thiazole rings is 1. The molecule has 7 nitrogen and oxygen atoms in total. The Morgan fingerprint density at radius 1 is 1.14 bits per heavy atom. The van der Waals surface area contributed by atoms with Crippen LogP contribution in [0.15, 0.2) is 72.8 Å². The van der Waals surface area contributed by atoms with E-state index in [0.717, 1.165) is 30.8 Å².